The smallest absolute Gasteiger partial charge is 0.272 e. The molecule has 0 aromatic carbocycles. The van der Waals surface area contributed by atoms with Gasteiger partial charge in [0, 0.05) is 38.9 Å². The van der Waals surface area contributed by atoms with Gasteiger partial charge < -0.3 is 15.5 Å². The summed E-state index contributed by atoms with van der Waals surface area (Å²) in [5.41, 5.74) is 6.97. The second-order valence-electron chi connectivity index (χ2n) is 4.48. The van der Waals surface area contributed by atoms with E-state index >= 15 is 0 Å². The van der Waals surface area contributed by atoms with Crippen LogP contribution in [0, 0.1) is 0 Å². The third kappa shape index (κ3) is 2.86. The van der Waals surface area contributed by atoms with Gasteiger partial charge in [-0.1, -0.05) is 13.0 Å². The van der Waals surface area contributed by atoms with Crippen molar-refractivity contribution in [2.24, 2.45) is 5.73 Å². The molecule has 2 heterocycles. The Morgan fingerprint density at radius 3 is 2.56 bits per heavy atom. The van der Waals surface area contributed by atoms with E-state index in [1.807, 2.05) is 11.0 Å². The van der Waals surface area contributed by atoms with Crippen molar-refractivity contribution >= 4 is 5.91 Å². The molecule has 1 saturated heterocycles. The summed E-state index contributed by atoms with van der Waals surface area (Å²) in [4.78, 5) is 20.6. The van der Waals surface area contributed by atoms with Gasteiger partial charge in [-0.05, 0) is 18.2 Å². The number of rotatable bonds is 3. The minimum Gasteiger partial charge on any atom is -0.335 e. The predicted octanol–water partition coefficient (Wildman–Crippen LogP) is 0.318. The molecule has 1 aliphatic heterocycles. The lowest BCUT2D eigenvalue weighted by Crippen LogP contribution is -2.48. The second-order valence-corrected chi connectivity index (χ2v) is 4.48. The summed E-state index contributed by atoms with van der Waals surface area (Å²) >= 11 is 0. The number of carbonyl (C=O) groups excluding carboxylic acids is 1. The number of amides is 1. The van der Waals surface area contributed by atoms with Crippen molar-refractivity contribution < 1.29 is 4.79 Å². The first-order valence-electron chi connectivity index (χ1n) is 6.41. The van der Waals surface area contributed by atoms with E-state index in [0.29, 0.717) is 12.2 Å². The van der Waals surface area contributed by atoms with Crippen LogP contribution in [-0.4, -0.2) is 53.4 Å². The molecule has 0 unspecified atom stereocenters. The number of carbonyl (C=O) groups is 1. The average Bonchev–Trinajstić information content (AvgIpc) is 2.47. The van der Waals surface area contributed by atoms with Gasteiger partial charge in [-0.2, -0.15) is 0 Å². The van der Waals surface area contributed by atoms with Gasteiger partial charge in [0.05, 0.1) is 0 Å². The fraction of sp³-hybridized carbons (Fsp3) is 0.538. The zero-order valence-corrected chi connectivity index (χ0v) is 10.8. The van der Waals surface area contributed by atoms with Crippen LogP contribution in [0.4, 0.5) is 0 Å². The van der Waals surface area contributed by atoms with E-state index in [1.165, 1.54) is 0 Å². The van der Waals surface area contributed by atoms with E-state index in [2.05, 4.69) is 16.8 Å². The zero-order chi connectivity index (χ0) is 13.0. The van der Waals surface area contributed by atoms with Crippen LogP contribution < -0.4 is 5.73 Å². The predicted molar refractivity (Wildman–Crippen MR) is 70.1 cm³/mol. The van der Waals surface area contributed by atoms with E-state index in [1.54, 1.807) is 12.3 Å². The summed E-state index contributed by atoms with van der Waals surface area (Å²) in [7, 11) is 0. The minimum atomic E-state index is 0.0225. The highest BCUT2D eigenvalue weighted by Gasteiger charge is 2.21. The highest BCUT2D eigenvalue weighted by Crippen LogP contribution is 2.07. The van der Waals surface area contributed by atoms with E-state index < -0.39 is 0 Å². The molecule has 0 saturated carbocycles. The SMILES string of the molecule is CCN1CCN(C(=O)c2ccc(CN)cn2)CC1. The van der Waals surface area contributed by atoms with Gasteiger partial charge in [-0.15, -0.1) is 0 Å². The summed E-state index contributed by atoms with van der Waals surface area (Å²) < 4.78 is 0. The molecule has 2 rings (SSSR count). The molecule has 0 aliphatic carbocycles. The molecule has 0 spiro atoms. The summed E-state index contributed by atoms with van der Waals surface area (Å²) in [5.74, 6) is 0.0225. The van der Waals surface area contributed by atoms with Crippen LogP contribution in [-0.2, 0) is 6.54 Å². The van der Waals surface area contributed by atoms with Crippen molar-refractivity contribution in [3.8, 4) is 0 Å². The Balaban J connectivity index is 1.98. The molecular weight excluding hydrogens is 228 g/mol. The van der Waals surface area contributed by atoms with Gasteiger partial charge in [0.15, 0.2) is 0 Å². The molecule has 1 fully saturated rings. The van der Waals surface area contributed by atoms with Crippen LogP contribution in [0.25, 0.3) is 0 Å². The van der Waals surface area contributed by atoms with Gasteiger partial charge in [0.1, 0.15) is 5.69 Å². The van der Waals surface area contributed by atoms with Gasteiger partial charge in [-0.25, -0.2) is 0 Å². The van der Waals surface area contributed by atoms with Crippen molar-refractivity contribution in [1.82, 2.24) is 14.8 Å². The molecule has 1 aromatic heterocycles. The van der Waals surface area contributed by atoms with Crippen LogP contribution in [0.3, 0.4) is 0 Å². The molecule has 1 amide bonds. The van der Waals surface area contributed by atoms with Gasteiger partial charge in [0.25, 0.3) is 5.91 Å². The number of hydrogen-bond acceptors (Lipinski definition) is 4. The standard InChI is InChI=1S/C13H20N4O/c1-2-16-5-7-17(8-6-16)13(18)12-4-3-11(9-14)10-15-12/h3-4,10H,2,5-9,14H2,1H3. The van der Waals surface area contributed by atoms with Crippen molar-refractivity contribution in [3.05, 3.63) is 29.6 Å². The Morgan fingerprint density at radius 1 is 1.33 bits per heavy atom. The van der Waals surface area contributed by atoms with Crippen LogP contribution in [0.2, 0.25) is 0 Å². The lowest BCUT2D eigenvalue weighted by atomic mass is 10.2. The summed E-state index contributed by atoms with van der Waals surface area (Å²) in [6.07, 6.45) is 1.68. The second kappa shape index (κ2) is 5.93. The number of nitrogens with zero attached hydrogens (tertiary/aromatic N) is 3. The zero-order valence-electron chi connectivity index (χ0n) is 10.8. The van der Waals surface area contributed by atoms with E-state index in [0.717, 1.165) is 38.3 Å². The van der Waals surface area contributed by atoms with Crippen molar-refractivity contribution in [1.29, 1.82) is 0 Å². The van der Waals surface area contributed by atoms with E-state index in [9.17, 15) is 4.79 Å². The molecule has 18 heavy (non-hydrogen) atoms. The molecule has 1 aromatic rings. The number of pyridine rings is 1. The fourth-order valence-electron chi connectivity index (χ4n) is 2.10. The number of likely N-dealkylation sites (N-methyl/N-ethyl adjacent to an activating group) is 1. The summed E-state index contributed by atoms with van der Waals surface area (Å²) in [6, 6.07) is 3.62. The highest BCUT2D eigenvalue weighted by molar-refractivity contribution is 5.92. The first kappa shape index (κ1) is 13.0. The van der Waals surface area contributed by atoms with Crippen LogP contribution in [0.1, 0.15) is 23.0 Å². The largest absolute Gasteiger partial charge is 0.335 e. The molecule has 1 aliphatic rings. The summed E-state index contributed by atoms with van der Waals surface area (Å²) in [6.45, 7) is 7.11. The third-order valence-electron chi connectivity index (χ3n) is 3.39. The molecule has 5 heteroatoms. The molecule has 5 nitrogen and oxygen atoms in total. The van der Waals surface area contributed by atoms with Crippen molar-refractivity contribution in [3.63, 3.8) is 0 Å². The Hall–Kier alpha value is -1.46. The topological polar surface area (TPSA) is 62.5 Å². The van der Waals surface area contributed by atoms with Crippen molar-refractivity contribution in [2.75, 3.05) is 32.7 Å². The first-order valence-corrected chi connectivity index (χ1v) is 6.41. The molecule has 0 bridgehead atoms. The average molecular weight is 248 g/mol. The molecule has 0 atom stereocenters. The lowest BCUT2D eigenvalue weighted by molar-refractivity contribution is 0.0637. The highest BCUT2D eigenvalue weighted by atomic mass is 16.2. The third-order valence-corrected chi connectivity index (χ3v) is 3.39. The van der Waals surface area contributed by atoms with Crippen LogP contribution in [0.5, 0.6) is 0 Å². The van der Waals surface area contributed by atoms with E-state index in [4.69, 9.17) is 5.73 Å². The Kier molecular flexibility index (Phi) is 4.28. The van der Waals surface area contributed by atoms with Crippen molar-refractivity contribution in [2.45, 2.75) is 13.5 Å². The van der Waals surface area contributed by atoms with Gasteiger partial charge in [-0.3, -0.25) is 9.78 Å². The number of nitrogens with two attached hydrogens (primary N) is 1. The fourth-order valence-corrected chi connectivity index (χ4v) is 2.10. The number of aromatic nitrogens is 1. The first-order chi connectivity index (χ1) is 8.74. The van der Waals surface area contributed by atoms with Gasteiger partial charge >= 0.3 is 0 Å². The molecule has 98 valence electrons. The van der Waals surface area contributed by atoms with Gasteiger partial charge in [0.2, 0.25) is 0 Å². The maximum atomic E-state index is 12.2. The maximum Gasteiger partial charge on any atom is 0.272 e. The number of hydrogen-bond donors (Lipinski definition) is 1. The van der Waals surface area contributed by atoms with Crippen LogP contribution >= 0.6 is 0 Å². The maximum absolute atomic E-state index is 12.2. The normalized spacial score (nSPS) is 16.9. The van der Waals surface area contributed by atoms with E-state index in [-0.39, 0.29) is 5.91 Å². The molecule has 0 radical (unpaired) electrons. The Morgan fingerprint density at radius 2 is 2.06 bits per heavy atom. The molecular formula is C13H20N4O. The summed E-state index contributed by atoms with van der Waals surface area (Å²) in [5, 5.41) is 0. The monoisotopic (exact) mass is 248 g/mol. The van der Waals surface area contributed by atoms with Crippen LogP contribution in [0.15, 0.2) is 18.3 Å². The number of piperazine rings is 1. The minimum absolute atomic E-state index is 0.0225. The molecule has 2 N–H and O–H groups in total. The Bertz CT molecular complexity index is 396. The quantitative estimate of drug-likeness (QED) is 0.836. The Labute approximate surface area is 108 Å². The lowest BCUT2D eigenvalue weighted by Gasteiger charge is -2.33.